The van der Waals surface area contributed by atoms with Crippen LogP contribution in [-0.4, -0.2) is 21.1 Å². The molecule has 0 aliphatic heterocycles. The van der Waals surface area contributed by atoms with Gasteiger partial charge in [0.2, 0.25) is 5.91 Å². The summed E-state index contributed by atoms with van der Waals surface area (Å²) in [5, 5.41) is 9.04. The number of carbonyl (C=O) groups is 1. The molecule has 1 fully saturated rings. The van der Waals surface area contributed by atoms with Gasteiger partial charge in [-0.05, 0) is 19.8 Å². The minimum Gasteiger partial charge on any atom is -0.346 e. The highest BCUT2D eigenvalue weighted by atomic mass is 16.2. The molecule has 3 N–H and O–H groups in total. The summed E-state index contributed by atoms with van der Waals surface area (Å²) in [4.78, 5) is 25.6. The lowest BCUT2D eigenvalue weighted by Gasteiger charge is -2.17. The molecule has 1 aromatic rings. The number of aromatic amines is 2. The second kappa shape index (κ2) is 5.84. The van der Waals surface area contributed by atoms with Crippen molar-refractivity contribution in [2.24, 2.45) is 5.92 Å². The van der Waals surface area contributed by atoms with Crippen molar-refractivity contribution < 1.29 is 4.79 Å². The molecular formula is C12H20N4O2. The fourth-order valence-corrected chi connectivity index (χ4v) is 2.43. The van der Waals surface area contributed by atoms with Gasteiger partial charge in [-0.1, -0.05) is 25.7 Å². The Labute approximate surface area is 106 Å². The molecule has 0 saturated heterocycles. The first-order chi connectivity index (χ1) is 8.66. The number of amides is 1. The lowest BCUT2D eigenvalue weighted by atomic mass is 9.99. The Kier molecular flexibility index (Phi) is 4.17. The third-order valence-corrected chi connectivity index (χ3v) is 3.51. The number of rotatable bonds is 3. The van der Waals surface area contributed by atoms with Crippen molar-refractivity contribution >= 4 is 5.91 Å². The summed E-state index contributed by atoms with van der Waals surface area (Å²) in [7, 11) is 0. The largest absolute Gasteiger partial charge is 0.346 e. The van der Waals surface area contributed by atoms with Crippen LogP contribution < -0.4 is 11.0 Å². The van der Waals surface area contributed by atoms with E-state index in [0.29, 0.717) is 5.82 Å². The highest BCUT2D eigenvalue weighted by molar-refractivity contribution is 5.78. The van der Waals surface area contributed by atoms with Crippen LogP contribution in [0.4, 0.5) is 0 Å². The second-order valence-electron chi connectivity index (χ2n) is 4.98. The summed E-state index contributed by atoms with van der Waals surface area (Å²) >= 11 is 0. The van der Waals surface area contributed by atoms with Crippen molar-refractivity contribution in [2.75, 3.05) is 0 Å². The fourth-order valence-electron chi connectivity index (χ4n) is 2.43. The Hall–Kier alpha value is -1.59. The maximum atomic E-state index is 12.1. The zero-order chi connectivity index (χ0) is 13.0. The molecule has 0 bridgehead atoms. The molecule has 6 nitrogen and oxygen atoms in total. The van der Waals surface area contributed by atoms with E-state index in [1.807, 2.05) is 6.92 Å². The van der Waals surface area contributed by atoms with Gasteiger partial charge in [-0.3, -0.25) is 9.78 Å². The maximum Gasteiger partial charge on any atom is 0.340 e. The second-order valence-corrected chi connectivity index (χ2v) is 4.98. The van der Waals surface area contributed by atoms with Gasteiger partial charge in [0.1, 0.15) is 0 Å². The minimum absolute atomic E-state index is 0.0771. The lowest BCUT2D eigenvalue weighted by Crippen LogP contribution is -2.33. The third kappa shape index (κ3) is 3.21. The van der Waals surface area contributed by atoms with E-state index in [-0.39, 0.29) is 23.6 Å². The van der Waals surface area contributed by atoms with Crippen LogP contribution in [0.25, 0.3) is 0 Å². The van der Waals surface area contributed by atoms with Crippen LogP contribution >= 0.6 is 0 Å². The molecule has 1 aliphatic carbocycles. The Balaban J connectivity index is 1.91. The molecule has 100 valence electrons. The monoisotopic (exact) mass is 252 g/mol. The van der Waals surface area contributed by atoms with E-state index < -0.39 is 0 Å². The molecule has 0 aromatic carbocycles. The summed E-state index contributed by atoms with van der Waals surface area (Å²) < 4.78 is 0. The lowest BCUT2D eigenvalue weighted by molar-refractivity contribution is -0.126. The molecule has 0 spiro atoms. The number of H-pyrrole nitrogens is 2. The third-order valence-electron chi connectivity index (χ3n) is 3.51. The van der Waals surface area contributed by atoms with E-state index in [4.69, 9.17) is 0 Å². The van der Waals surface area contributed by atoms with Gasteiger partial charge in [0.05, 0.1) is 6.04 Å². The minimum atomic E-state index is -0.347. The van der Waals surface area contributed by atoms with Crippen LogP contribution in [0, 0.1) is 5.92 Å². The van der Waals surface area contributed by atoms with Crippen molar-refractivity contribution in [3.8, 4) is 0 Å². The molecule has 0 radical (unpaired) electrons. The summed E-state index contributed by atoms with van der Waals surface area (Å²) in [5.41, 5.74) is -0.347. The van der Waals surface area contributed by atoms with Gasteiger partial charge >= 0.3 is 5.69 Å². The van der Waals surface area contributed by atoms with E-state index >= 15 is 0 Å². The Bertz CT molecular complexity index is 443. The highest BCUT2D eigenvalue weighted by Gasteiger charge is 2.22. The molecule has 1 atom stereocenters. The van der Waals surface area contributed by atoms with Gasteiger partial charge in [-0.25, -0.2) is 9.89 Å². The molecule has 1 aromatic heterocycles. The first-order valence-corrected chi connectivity index (χ1v) is 6.62. The average Bonchev–Trinajstić information content (AvgIpc) is 2.63. The van der Waals surface area contributed by atoms with Crippen LogP contribution in [0.3, 0.4) is 0 Å². The van der Waals surface area contributed by atoms with Crippen LogP contribution in [0.5, 0.6) is 0 Å². The summed E-state index contributed by atoms with van der Waals surface area (Å²) in [6.07, 6.45) is 6.65. The molecule has 1 heterocycles. The molecule has 0 unspecified atom stereocenters. The van der Waals surface area contributed by atoms with Gasteiger partial charge in [-0.15, -0.1) is 0 Å². The number of nitrogens with zero attached hydrogens (tertiary/aromatic N) is 1. The number of carbonyl (C=O) groups excluding carboxylic acids is 1. The van der Waals surface area contributed by atoms with E-state index in [0.717, 1.165) is 25.7 Å². The van der Waals surface area contributed by atoms with Crippen molar-refractivity contribution in [2.45, 2.75) is 51.5 Å². The van der Waals surface area contributed by atoms with Gasteiger partial charge in [-0.2, -0.15) is 5.10 Å². The molecule has 6 heteroatoms. The van der Waals surface area contributed by atoms with Crippen molar-refractivity contribution in [1.82, 2.24) is 20.5 Å². The van der Waals surface area contributed by atoms with Crippen molar-refractivity contribution in [1.29, 1.82) is 0 Å². The van der Waals surface area contributed by atoms with Gasteiger partial charge in [0, 0.05) is 5.92 Å². The van der Waals surface area contributed by atoms with E-state index in [2.05, 4.69) is 20.5 Å². The SMILES string of the molecule is C[C@@H](NC(=O)C1CCCCCC1)c1n[nH]c(=O)[nH]1. The Morgan fingerprint density at radius 1 is 1.33 bits per heavy atom. The number of hydrogen-bond donors (Lipinski definition) is 3. The standard InChI is InChI=1S/C12H20N4O2/c1-8(10-14-12(18)16-15-10)13-11(17)9-6-4-2-3-5-7-9/h8-9H,2-7H2,1H3,(H,13,17)(H2,14,15,16,18)/t8-/m1/s1. The molecule has 1 aliphatic rings. The first kappa shape index (κ1) is 12.9. The van der Waals surface area contributed by atoms with Gasteiger partial charge in [0.25, 0.3) is 0 Å². The Morgan fingerprint density at radius 3 is 2.56 bits per heavy atom. The maximum absolute atomic E-state index is 12.1. The summed E-state index contributed by atoms with van der Waals surface area (Å²) in [6, 6.07) is -0.264. The first-order valence-electron chi connectivity index (χ1n) is 6.62. The summed E-state index contributed by atoms with van der Waals surface area (Å²) in [6.45, 7) is 1.82. The molecule has 1 amide bonds. The van der Waals surface area contributed by atoms with Crippen LogP contribution in [-0.2, 0) is 4.79 Å². The topological polar surface area (TPSA) is 90.6 Å². The molecule has 18 heavy (non-hydrogen) atoms. The quantitative estimate of drug-likeness (QED) is 0.707. The zero-order valence-electron chi connectivity index (χ0n) is 10.7. The van der Waals surface area contributed by atoms with Gasteiger partial charge in [0.15, 0.2) is 5.82 Å². The van der Waals surface area contributed by atoms with E-state index in [1.54, 1.807) is 0 Å². The molecule has 1 saturated carbocycles. The van der Waals surface area contributed by atoms with Crippen LogP contribution in [0.15, 0.2) is 4.79 Å². The normalized spacial score (nSPS) is 19.2. The number of aromatic nitrogens is 3. The smallest absolute Gasteiger partial charge is 0.340 e. The summed E-state index contributed by atoms with van der Waals surface area (Å²) in [5.74, 6) is 0.663. The predicted octanol–water partition coefficient (Wildman–Crippen LogP) is 1.25. The molecular weight excluding hydrogens is 232 g/mol. The zero-order valence-corrected chi connectivity index (χ0v) is 10.7. The Morgan fingerprint density at radius 2 is 2.00 bits per heavy atom. The van der Waals surface area contributed by atoms with E-state index in [9.17, 15) is 9.59 Å². The number of nitrogens with one attached hydrogen (secondary N) is 3. The highest BCUT2D eigenvalue weighted by Crippen LogP contribution is 2.23. The van der Waals surface area contributed by atoms with Crippen LogP contribution in [0.2, 0.25) is 0 Å². The molecule has 2 rings (SSSR count). The van der Waals surface area contributed by atoms with Crippen molar-refractivity contribution in [3.05, 3.63) is 16.3 Å². The van der Waals surface area contributed by atoms with Crippen molar-refractivity contribution in [3.63, 3.8) is 0 Å². The fraction of sp³-hybridized carbons (Fsp3) is 0.750. The number of hydrogen-bond acceptors (Lipinski definition) is 3. The van der Waals surface area contributed by atoms with Gasteiger partial charge < -0.3 is 5.32 Å². The van der Waals surface area contributed by atoms with E-state index in [1.165, 1.54) is 12.8 Å². The average molecular weight is 252 g/mol. The predicted molar refractivity (Wildman–Crippen MR) is 67.0 cm³/mol. The van der Waals surface area contributed by atoms with Crippen LogP contribution in [0.1, 0.15) is 57.3 Å².